The van der Waals surface area contributed by atoms with E-state index >= 15 is 0 Å². The van der Waals surface area contributed by atoms with Gasteiger partial charge in [-0.25, -0.2) is 0 Å². The van der Waals surface area contributed by atoms with Crippen LogP contribution in [0.2, 0.25) is 0 Å². The number of fused-ring (bicyclic) bond motifs is 1. The number of pyridine rings is 1. The van der Waals surface area contributed by atoms with E-state index in [1.165, 1.54) is 16.5 Å². The molecule has 0 saturated heterocycles. The zero-order chi connectivity index (χ0) is 14.7. The van der Waals surface area contributed by atoms with Crippen LogP contribution in [0.4, 0.5) is 0 Å². The van der Waals surface area contributed by atoms with Crippen LogP contribution in [0.1, 0.15) is 36.3 Å². The molecule has 0 radical (unpaired) electrons. The molecule has 3 rings (SSSR count). The molecule has 3 aromatic rings. The summed E-state index contributed by atoms with van der Waals surface area (Å²) in [5.74, 6) is 0.962. The molecule has 0 saturated carbocycles. The van der Waals surface area contributed by atoms with Crippen molar-refractivity contribution < 1.29 is 4.42 Å². The lowest BCUT2D eigenvalue weighted by atomic mass is 9.95. The number of aromatic nitrogens is 1. The molecule has 2 heterocycles. The van der Waals surface area contributed by atoms with Crippen LogP contribution in [0, 0.1) is 6.92 Å². The van der Waals surface area contributed by atoms with Crippen LogP contribution < -0.4 is 5.32 Å². The van der Waals surface area contributed by atoms with E-state index in [1.54, 1.807) is 6.26 Å². The lowest BCUT2D eigenvalue weighted by Crippen LogP contribution is -2.23. The first-order chi connectivity index (χ1) is 10.3. The van der Waals surface area contributed by atoms with Gasteiger partial charge in [-0.3, -0.25) is 4.98 Å². The van der Waals surface area contributed by atoms with Gasteiger partial charge in [-0.15, -0.1) is 0 Å². The topological polar surface area (TPSA) is 38.1 Å². The minimum Gasteiger partial charge on any atom is -0.469 e. The summed E-state index contributed by atoms with van der Waals surface area (Å²) in [5.41, 5.74) is 3.47. The van der Waals surface area contributed by atoms with Crippen LogP contribution in [0.3, 0.4) is 0 Å². The maximum absolute atomic E-state index is 5.50. The van der Waals surface area contributed by atoms with Gasteiger partial charge in [0.2, 0.25) is 0 Å². The Labute approximate surface area is 125 Å². The third-order valence-electron chi connectivity index (χ3n) is 3.80. The Morgan fingerprint density at radius 2 is 2.05 bits per heavy atom. The molecule has 1 N–H and O–H groups in total. The second-order valence-electron chi connectivity index (χ2n) is 5.24. The molecular formula is C18H20N2O. The van der Waals surface area contributed by atoms with Gasteiger partial charge in [0, 0.05) is 17.1 Å². The first kappa shape index (κ1) is 13.8. The number of nitrogens with zero attached hydrogens (tertiary/aromatic N) is 1. The molecule has 108 valence electrons. The van der Waals surface area contributed by atoms with Crippen LogP contribution in [0.15, 0.2) is 53.3 Å². The summed E-state index contributed by atoms with van der Waals surface area (Å²) in [7, 11) is 0. The molecule has 0 aliphatic heterocycles. The maximum atomic E-state index is 5.50. The Kier molecular flexibility index (Phi) is 4.02. The van der Waals surface area contributed by atoms with Gasteiger partial charge in [0.15, 0.2) is 0 Å². The zero-order valence-electron chi connectivity index (χ0n) is 12.5. The molecule has 0 spiro atoms. The van der Waals surface area contributed by atoms with Crippen molar-refractivity contribution >= 4 is 10.9 Å². The van der Waals surface area contributed by atoms with Crippen LogP contribution in [0.5, 0.6) is 0 Å². The van der Waals surface area contributed by atoms with Crippen molar-refractivity contribution in [2.75, 3.05) is 6.54 Å². The third kappa shape index (κ3) is 2.69. The van der Waals surface area contributed by atoms with E-state index in [0.29, 0.717) is 0 Å². The van der Waals surface area contributed by atoms with Crippen molar-refractivity contribution in [3.05, 3.63) is 65.7 Å². The Morgan fingerprint density at radius 1 is 1.14 bits per heavy atom. The van der Waals surface area contributed by atoms with Crippen LogP contribution in [-0.4, -0.2) is 11.5 Å². The SMILES string of the molecule is CCCNC(c1ccoc1C)c1cccc2ncccc12. The Hall–Kier alpha value is -2.13. The molecule has 0 fully saturated rings. The predicted molar refractivity (Wildman–Crippen MR) is 85.3 cm³/mol. The minimum atomic E-state index is 0.136. The van der Waals surface area contributed by atoms with Gasteiger partial charge in [-0.05, 0) is 43.7 Å². The molecule has 3 heteroatoms. The molecule has 0 aliphatic carbocycles. The average molecular weight is 280 g/mol. The largest absolute Gasteiger partial charge is 0.469 e. The van der Waals surface area contributed by atoms with E-state index in [9.17, 15) is 0 Å². The van der Waals surface area contributed by atoms with Crippen LogP contribution >= 0.6 is 0 Å². The smallest absolute Gasteiger partial charge is 0.105 e. The van der Waals surface area contributed by atoms with E-state index in [1.807, 2.05) is 19.2 Å². The Morgan fingerprint density at radius 3 is 2.81 bits per heavy atom. The van der Waals surface area contributed by atoms with E-state index in [0.717, 1.165) is 24.2 Å². The van der Waals surface area contributed by atoms with Crippen molar-refractivity contribution in [2.24, 2.45) is 0 Å². The quantitative estimate of drug-likeness (QED) is 0.760. The number of rotatable bonds is 5. The minimum absolute atomic E-state index is 0.136. The number of hydrogen-bond acceptors (Lipinski definition) is 3. The van der Waals surface area contributed by atoms with Crippen LogP contribution in [0.25, 0.3) is 10.9 Å². The first-order valence-electron chi connectivity index (χ1n) is 7.42. The van der Waals surface area contributed by atoms with E-state index in [-0.39, 0.29) is 6.04 Å². The predicted octanol–water partition coefficient (Wildman–Crippen LogP) is 4.23. The highest BCUT2D eigenvalue weighted by Gasteiger charge is 2.19. The van der Waals surface area contributed by atoms with E-state index in [4.69, 9.17) is 4.42 Å². The van der Waals surface area contributed by atoms with Crippen LogP contribution in [-0.2, 0) is 0 Å². The number of nitrogens with one attached hydrogen (secondary N) is 1. The summed E-state index contributed by atoms with van der Waals surface area (Å²) in [4.78, 5) is 4.46. The second kappa shape index (κ2) is 6.10. The Bertz CT molecular complexity index is 727. The van der Waals surface area contributed by atoms with Gasteiger partial charge >= 0.3 is 0 Å². The molecule has 0 amide bonds. The molecule has 21 heavy (non-hydrogen) atoms. The summed E-state index contributed by atoms with van der Waals surface area (Å²) >= 11 is 0. The van der Waals surface area contributed by atoms with Gasteiger partial charge in [-0.1, -0.05) is 25.1 Å². The van der Waals surface area contributed by atoms with Gasteiger partial charge in [0.25, 0.3) is 0 Å². The molecule has 0 aliphatic rings. The highest BCUT2D eigenvalue weighted by atomic mass is 16.3. The number of benzene rings is 1. The highest BCUT2D eigenvalue weighted by Crippen LogP contribution is 2.30. The summed E-state index contributed by atoms with van der Waals surface area (Å²) in [6, 6.07) is 12.6. The highest BCUT2D eigenvalue weighted by molar-refractivity contribution is 5.83. The number of aryl methyl sites for hydroxylation is 1. The summed E-state index contributed by atoms with van der Waals surface area (Å²) < 4.78 is 5.50. The van der Waals surface area contributed by atoms with E-state index in [2.05, 4.69) is 47.6 Å². The lowest BCUT2D eigenvalue weighted by molar-refractivity contribution is 0.517. The molecule has 1 atom stereocenters. The number of hydrogen-bond donors (Lipinski definition) is 1. The van der Waals surface area contributed by atoms with Gasteiger partial charge in [0.05, 0.1) is 17.8 Å². The van der Waals surface area contributed by atoms with Gasteiger partial charge in [0.1, 0.15) is 5.76 Å². The molecule has 0 bridgehead atoms. The standard InChI is InChI=1S/C18H20N2O/c1-3-10-20-18(14-9-12-21-13(14)2)16-6-4-8-17-15(16)7-5-11-19-17/h4-9,11-12,18,20H,3,10H2,1-2H3. The summed E-state index contributed by atoms with van der Waals surface area (Å²) in [6.07, 6.45) is 4.69. The first-order valence-corrected chi connectivity index (χ1v) is 7.42. The zero-order valence-corrected chi connectivity index (χ0v) is 12.5. The van der Waals surface area contributed by atoms with E-state index < -0.39 is 0 Å². The summed E-state index contributed by atoms with van der Waals surface area (Å²) in [5, 5.41) is 4.82. The summed E-state index contributed by atoms with van der Waals surface area (Å²) in [6.45, 7) is 5.15. The molecule has 1 unspecified atom stereocenters. The number of furan rings is 1. The van der Waals surface area contributed by atoms with Crippen molar-refractivity contribution in [2.45, 2.75) is 26.3 Å². The van der Waals surface area contributed by atoms with Crippen molar-refractivity contribution in [1.82, 2.24) is 10.3 Å². The van der Waals surface area contributed by atoms with Crippen molar-refractivity contribution in [3.8, 4) is 0 Å². The fourth-order valence-electron chi connectivity index (χ4n) is 2.75. The fraction of sp³-hybridized carbons (Fsp3) is 0.278. The van der Waals surface area contributed by atoms with Gasteiger partial charge in [-0.2, -0.15) is 0 Å². The molecule has 1 aromatic carbocycles. The second-order valence-corrected chi connectivity index (χ2v) is 5.24. The molecule has 3 nitrogen and oxygen atoms in total. The maximum Gasteiger partial charge on any atom is 0.105 e. The monoisotopic (exact) mass is 280 g/mol. The molecule has 2 aromatic heterocycles. The third-order valence-corrected chi connectivity index (χ3v) is 3.80. The Balaban J connectivity index is 2.12. The fourth-order valence-corrected chi connectivity index (χ4v) is 2.75. The van der Waals surface area contributed by atoms with Crippen molar-refractivity contribution in [3.63, 3.8) is 0 Å². The molecular weight excluding hydrogens is 260 g/mol. The van der Waals surface area contributed by atoms with Crippen molar-refractivity contribution in [1.29, 1.82) is 0 Å². The van der Waals surface area contributed by atoms with Gasteiger partial charge < -0.3 is 9.73 Å². The normalized spacial score (nSPS) is 12.7. The lowest BCUT2D eigenvalue weighted by Gasteiger charge is -2.20. The average Bonchev–Trinajstić information content (AvgIpc) is 2.94.